The average molecular weight is 253 g/mol. The highest BCUT2D eigenvalue weighted by Crippen LogP contribution is 2.23. The minimum atomic E-state index is -0.807. The summed E-state index contributed by atoms with van der Waals surface area (Å²) in [6.07, 6.45) is 10.7. The van der Waals surface area contributed by atoms with E-state index in [1.54, 1.807) is 0 Å². The lowest BCUT2D eigenvalue weighted by atomic mass is 9.88. The predicted octanol–water partition coefficient (Wildman–Crippen LogP) is 2.93. The van der Waals surface area contributed by atoms with Gasteiger partial charge in [-0.2, -0.15) is 0 Å². The number of rotatable bonds is 7. The number of carbonyl (C=O) groups excluding carboxylic acids is 1. The average Bonchev–Trinajstić information content (AvgIpc) is 2.30. The fraction of sp³-hybridized carbons (Fsp3) is 0.800. The van der Waals surface area contributed by atoms with Crippen LogP contribution in [0.4, 0.5) is 0 Å². The molecule has 0 aromatic heterocycles. The third-order valence-corrected chi connectivity index (χ3v) is 3.55. The summed E-state index contributed by atoms with van der Waals surface area (Å²) in [6, 6.07) is 0.259. The summed E-state index contributed by atoms with van der Waals surface area (Å²) in [5.41, 5.74) is -0.807. The molecule has 0 saturated carbocycles. The molecular formula is C15H27NO2. The highest BCUT2D eigenvalue weighted by molar-refractivity contribution is 5.77. The molecular weight excluding hydrogens is 226 g/mol. The van der Waals surface area contributed by atoms with E-state index in [-0.39, 0.29) is 18.4 Å². The van der Waals surface area contributed by atoms with E-state index in [1.807, 2.05) is 13.8 Å². The van der Waals surface area contributed by atoms with Crippen molar-refractivity contribution < 1.29 is 9.90 Å². The molecule has 1 aliphatic rings. The Bertz CT molecular complexity index is 280. The Kier molecular flexibility index (Phi) is 6.41. The van der Waals surface area contributed by atoms with Crippen LogP contribution in [0.5, 0.6) is 0 Å². The first-order chi connectivity index (χ1) is 8.59. The first-order valence-electron chi connectivity index (χ1n) is 7.26. The van der Waals surface area contributed by atoms with Crippen LogP contribution in [0.25, 0.3) is 0 Å². The van der Waals surface area contributed by atoms with Crippen LogP contribution in [0.2, 0.25) is 0 Å². The van der Waals surface area contributed by atoms with Gasteiger partial charge in [0.2, 0.25) is 5.91 Å². The van der Waals surface area contributed by atoms with Crippen molar-refractivity contribution in [1.82, 2.24) is 5.32 Å². The van der Waals surface area contributed by atoms with Crippen molar-refractivity contribution >= 4 is 5.91 Å². The Labute approximate surface area is 111 Å². The molecule has 1 rings (SSSR count). The molecule has 0 bridgehead atoms. The maximum atomic E-state index is 12.0. The maximum Gasteiger partial charge on any atom is 0.223 e. The van der Waals surface area contributed by atoms with Crippen molar-refractivity contribution in [3.63, 3.8) is 0 Å². The molecule has 0 aliphatic heterocycles. The predicted molar refractivity (Wildman–Crippen MR) is 74.3 cm³/mol. The lowest BCUT2D eigenvalue weighted by Crippen LogP contribution is -2.41. The van der Waals surface area contributed by atoms with Gasteiger partial charge in [-0.3, -0.25) is 4.79 Å². The van der Waals surface area contributed by atoms with Crippen molar-refractivity contribution in [2.24, 2.45) is 0 Å². The molecule has 0 heterocycles. The van der Waals surface area contributed by atoms with Crippen LogP contribution in [0.1, 0.15) is 65.2 Å². The van der Waals surface area contributed by atoms with Crippen LogP contribution in [0, 0.1) is 0 Å². The van der Waals surface area contributed by atoms with Gasteiger partial charge in [-0.25, -0.2) is 0 Å². The Morgan fingerprint density at radius 2 is 2.00 bits per heavy atom. The molecule has 2 N–H and O–H groups in total. The van der Waals surface area contributed by atoms with Gasteiger partial charge >= 0.3 is 0 Å². The molecule has 1 aliphatic carbocycles. The van der Waals surface area contributed by atoms with Gasteiger partial charge in [-0.05, 0) is 32.1 Å². The van der Waals surface area contributed by atoms with Crippen LogP contribution in [0.3, 0.4) is 0 Å². The second kappa shape index (κ2) is 7.57. The molecule has 3 heteroatoms. The monoisotopic (exact) mass is 253 g/mol. The molecule has 0 spiro atoms. The van der Waals surface area contributed by atoms with Crippen LogP contribution in [-0.4, -0.2) is 22.7 Å². The summed E-state index contributed by atoms with van der Waals surface area (Å²) >= 11 is 0. The van der Waals surface area contributed by atoms with E-state index in [9.17, 15) is 9.90 Å². The molecule has 0 aromatic carbocycles. The molecule has 0 radical (unpaired) electrons. The Morgan fingerprint density at radius 3 is 2.50 bits per heavy atom. The minimum Gasteiger partial charge on any atom is -0.389 e. The van der Waals surface area contributed by atoms with Crippen LogP contribution in [0.15, 0.2) is 12.2 Å². The maximum absolute atomic E-state index is 12.0. The van der Waals surface area contributed by atoms with Crippen LogP contribution < -0.4 is 5.32 Å². The third-order valence-electron chi connectivity index (χ3n) is 3.55. The van der Waals surface area contributed by atoms with Gasteiger partial charge in [0, 0.05) is 6.04 Å². The summed E-state index contributed by atoms with van der Waals surface area (Å²) in [4.78, 5) is 12.0. The molecule has 1 atom stereocenters. The van der Waals surface area contributed by atoms with Gasteiger partial charge < -0.3 is 10.4 Å². The Morgan fingerprint density at radius 1 is 1.33 bits per heavy atom. The minimum absolute atomic E-state index is 0.000278. The summed E-state index contributed by atoms with van der Waals surface area (Å²) in [5, 5.41) is 13.5. The summed E-state index contributed by atoms with van der Waals surface area (Å²) in [7, 11) is 0. The SMILES string of the molecule is CCCC(O)(CCC)CC(=O)NC1CC=CCC1. The summed E-state index contributed by atoms with van der Waals surface area (Å²) in [5.74, 6) is -0.000278. The highest BCUT2D eigenvalue weighted by atomic mass is 16.3. The fourth-order valence-corrected chi connectivity index (χ4v) is 2.73. The second-order valence-electron chi connectivity index (χ2n) is 5.45. The number of hydrogen-bond donors (Lipinski definition) is 2. The van der Waals surface area contributed by atoms with Crippen molar-refractivity contribution in [3.05, 3.63) is 12.2 Å². The molecule has 1 unspecified atom stereocenters. The molecule has 104 valence electrons. The van der Waals surface area contributed by atoms with E-state index < -0.39 is 5.60 Å². The van der Waals surface area contributed by atoms with Gasteiger partial charge in [0.15, 0.2) is 0 Å². The van der Waals surface area contributed by atoms with E-state index >= 15 is 0 Å². The third kappa shape index (κ3) is 5.21. The molecule has 1 amide bonds. The topological polar surface area (TPSA) is 49.3 Å². The van der Waals surface area contributed by atoms with Gasteiger partial charge in [0.05, 0.1) is 12.0 Å². The number of aliphatic hydroxyl groups is 1. The number of hydrogen-bond acceptors (Lipinski definition) is 2. The normalized spacial score (nSPS) is 19.8. The lowest BCUT2D eigenvalue weighted by Gasteiger charge is -2.28. The first-order valence-corrected chi connectivity index (χ1v) is 7.26. The molecule has 0 fully saturated rings. The van der Waals surface area contributed by atoms with E-state index in [1.165, 1.54) is 0 Å². The fourth-order valence-electron chi connectivity index (χ4n) is 2.73. The highest BCUT2D eigenvalue weighted by Gasteiger charge is 2.28. The largest absolute Gasteiger partial charge is 0.389 e. The van der Waals surface area contributed by atoms with Crippen molar-refractivity contribution in [2.45, 2.75) is 76.9 Å². The number of allylic oxidation sites excluding steroid dienone is 1. The first kappa shape index (κ1) is 15.2. The van der Waals surface area contributed by atoms with E-state index in [4.69, 9.17) is 0 Å². The Hall–Kier alpha value is -0.830. The number of carbonyl (C=O) groups is 1. The summed E-state index contributed by atoms with van der Waals surface area (Å²) in [6.45, 7) is 4.09. The van der Waals surface area contributed by atoms with Gasteiger partial charge in [0.25, 0.3) is 0 Å². The molecule has 0 saturated heterocycles. The smallest absolute Gasteiger partial charge is 0.223 e. The zero-order chi connectivity index (χ0) is 13.4. The van der Waals surface area contributed by atoms with Gasteiger partial charge in [-0.15, -0.1) is 0 Å². The van der Waals surface area contributed by atoms with Crippen molar-refractivity contribution in [1.29, 1.82) is 0 Å². The second-order valence-corrected chi connectivity index (χ2v) is 5.45. The number of nitrogens with one attached hydrogen (secondary N) is 1. The van der Waals surface area contributed by atoms with E-state index in [0.717, 1.165) is 32.1 Å². The van der Waals surface area contributed by atoms with Crippen LogP contribution in [-0.2, 0) is 4.79 Å². The van der Waals surface area contributed by atoms with Gasteiger partial charge in [-0.1, -0.05) is 38.8 Å². The van der Waals surface area contributed by atoms with E-state index in [0.29, 0.717) is 12.8 Å². The zero-order valence-electron chi connectivity index (χ0n) is 11.7. The molecule has 3 nitrogen and oxygen atoms in total. The van der Waals surface area contributed by atoms with Crippen molar-refractivity contribution in [2.75, 3.05) is 0 Å². The molecule has 0 aromatic rings. The molecule has 18 heavy (non-hydrogen) atoms. The van der Waals surface area contributed by atoms with Crippen molar-refractivity contribution in [3.8, 4) is 0 Å². The number of amides is 1. The Balaban J connectivity index is 2.42. The van der Waals surface area contributed by atoms with Crippen LogP contribution >= 0.6 is 0 Å². The zero-order valence-corrected chi connectivity index (χ0v) is 11.7. The standard InChI is InChI=1S/C15H27NO2/c1-3-10-15(18,11-4-2)12-14(17)16-13-8-6-5-7-9-13/h5-6,13,18H,3-4,7-12H2,1-2H3,(H,16,17). The van der Waals surface area contributed by atoms with Gasteiger partial charge in [0.1, 0.15) is 0 Å². The summed E-state index contributed by atoms with van der Waals surface area (Å²) < 4.78 is 0. The quantitative estimate of drug-likeness (QED) is 0.685. The van der Waals surface area contributed by atoms with E-state index in [2.05, 4.69) is 17.5 Å². The lowest BCUT2D eigenvalue weighted by molar-refractivity contribution is -0.127.